The SMILES string of the molecule is CC1=C(c2ccc(-c3ccccc3)cc2)[B-](c2ccc(-c3ccccc3)cc2)(c2ccc(-c3ccccc3)cc2)[N+](C)(C)c2ccccc21. The maximum absolute atomic E-state index is 2.42. The second-order valence-corrected chi connectivity index (χ2v) is 13.8. The van der Waals surface area contributed by atoms with Gasteiger partial charge in [-0.2, -0.15) is 0 Å². The summed E-state index contributed by atoms with van der Waals surface area (Å²) >= 11 is 0. The highest BCUT2D eigenvalue weighted by Gasteiger charge is 2.52. The molecule has 7 aromatic carbocycles. The van der Waals surface area contributed by atoms with E-state index < -0.39 is 6.28 Å². The molecule has 0 radical (unpaired) electrons. The van der Waals surface area contributed by atoms with Crippen molar-refractivity contribution in [2.24, 2.45) is 0 Å². The molecule has 0 amide bonds. The van der Waals surface area contributed by atoms with Crippen molar-refractivity contribution in [1.29, 1.82) is 0 Å². The van der Waals surface area contributed by atoms with Gasteiger partial charge in [0, 0.05) is 19.7 Å². The summed E-state index contributed by atoms with van der Waals surface area (Å²) in [6.07, 6.45) is -1.60. The van der Waals surface area contributed by atoms with Crippen molar-refractivity contribution in [3.63, 3.8) is 0 Å². The topological polar surface area (TPSA) is 0 Å². The highest BCUT2D eigenvalue weighted by Crippen LogP contribution is 2.48. The maximum Gasteiger partial charge on any atom is 0.296 e. The largest absolute Gasteiger partial charge is 0.474 e. The Hall–Kier alpha value is -5.70. The van der Waals surface area contributed by atoms with Crippen LogP contribution in [0, 0.1) is 0 Å². The van der Waals surface area contributed by atoms with Crippen LogP contribution < -0.4 is 15.3 Å². The number of fused-ring (bicyclic) bond motifs is 1. The molecule has 1 aliphatic heterocycles. The van der Waals surface area contributed by atoms with Gasteiger partial charge in [-0.25, -0.2) is 0 Å². The van der Waals surface area contributed by atoms with E-state index in [4.69, 9.17) is 0 Å². The molecule has 236 valence electrons. The minimum Gasteiger partial charge on any atom is -0.474 e. The Kier molecular flexibility index (Phi) is 7.75. The summed E-state index contributed by atoms with van der Waals surface area (Å²) in [7, 11) is 4.83. The van der Waals surface area contributed by atoms with Crippen molar-refractivity contribution in [2.75, 3.05) is 14.1 Å². The molecular formula is C47H40BN. The van der Waals surface area contributed by atoms with Gasteiger partial charge in [-0.05, 0) is 52.4 Å². The number of allylic oxidation sites excluding steroid dienone is 1. The number of quaternary nitrogens is 1. The first-order chi connectivity index (χ1) is 24.0. The Morgan fingerprint density at radius 3 is 1.10 bits per heavy atom. The summed E-state index contributed by atoms with van der Waals surface area (Å²) in [6.45, 7) is 2.34. The van der Waals surface area contributed by atoms with E-state index in [0.717, 1.165) is 0 Å². The van der Waals surface area contributed by atoms with Crippen LogP contribution in [0.25, 0.3) is 44.4 Å². The van der Waals surface area contributed by atoms with E-state index >= 15 is 0 Å². The Bertz CT molecular complexity index is 2170. The first kappa shape index (κ1) is 30.6. The van der Waals surface area contributed by atoms with Crippen molar-refractivity contribution in [3.8, 4) is 33.4 Å². The van der Waals surface area contributed by atoms with Crippen molar-refractivity contribution in [2.45, 2.75) is 6.92 Å². The number of hydrogen-bond donors (Lipinski definition) is 0. The summed E-state index contributed by atoms with van der Waals surface area (Å²) in [5.41, 5.74) is 16.7. The second kappa shape index (κ2) is 12.4. The molecule has 0 aliphatic carbocycles. The second-order valence-electron chi connectivity index (χ2n) is 13.8. The van der Waals surface area contributed by atoms with Crippen LogP contribution in [0.15, 0.2) is 188 Å². The number of nitrogens with zero attached hydrogens (tertiary/aromatic N) is 1. The van der Waals surface area contributed by atoms with Crippen molar-refractivity contribution < 1.29 is 0 Å². The van der Waals surface area contributed by atoms with Gasteiger partial charge in [-0.1, -0.05) is 187 Å². The van der Waals surface area contributed by atoms with Gasteiger partial charge in [0.15, 0.2) is 0 Å². The molecule has 0 saturated carbocycles. The van der Waals surface area contributed by atoms with E-state index in [-0.39, 0.29) is 0 Å². The number of para-hydroxylation sites is 1. The molecule has 0 spiro atoms. The molecule has 1 nitrogen and oxygen atoms in total. The van der Waals surface area contributed by atoms with Crippen LogP contribution in [0.1, 0.15) is 18.1 Å². The zero-order valence-electron chi connectivity index (χ0n) is 28.4. The fraction of sp³-hybridized carbons (Fsp3) is 0.0638. The average Bonchev–Trinajstić information content (AvgIpc) is 3.17. The Balaban J connectivity index is 1.41. The van der Waals surface area contributed by atoms with E-state index in [1.54, 1.807) is 0 Å². The van der Waals surface area contributed by atoms with Gasteiger partial charge >= 0.3 is 0 Å². The molecule has 0 unspecified atom stereocenters. The third kappa shape index (κ3) is 5.08. The van der Waals surface area contributed by atoms with Crippen LogP contribution in [0.5, 0.6) is 0 Å². The molecule has 8 rings (SSSR count). The highest BCUT2D eigenvalue weighted by molar-refractivity contribution is 7.16. The lowest BCUT2D eigenvalue weighted by molar-refractivity contribution is 0.610. The van der Waals surface area contributed by atoms with Crippen molar-refractivity contribution >= 4 is 33.9 Å². The van der Waals surface area contributed by atoms with Gasteiger partial charge in [0.1, 0.15) is 0 Å². The van der Waals surface area contributed by atoms with Crippen molar-refractivity contribution in [3.05, 3.63) is 199 Å². The van der Waals surface area contributed by atoms with Crippen LogP contribution in [0.3, 0.4) is 0 Å². The fourth-order valence-electron chi connectivity index (χ4n) is 8.65. The lowest BCUT2D eigenvalue weighted by atomic mass is 9.19. The number of benzene rings is 7. The average molecular weight is 630 g/mol. The summed E-state index contributed by atoms with van der Waals surface area (Å²) in [6, 6.07) is 69.2. The number of rotatable bonds is 6. The smallest absolute Gasteiger partial charge is 0.296 e. The summed E-state index contributed by atoms with van der Waals surface area (Å²) in [5, 5.41) is 0. The molecule has 0 bridgehead atoms. The van der Waals surface area contributed by atoms with Crippen LogP contribution >= 0.6 is 0 Å². The van der Waals surface area contributed by atoms with Gasteiger partial charge < -0.3 is 4.39 Å². The molecule has 0 fully saturated rings. The quantitative estimate of drug-likeness (QED) is 0.161. The zero-order chi connectivity index (χ0) is 33.4. The predicted molar refractivity (Wildman–Crippen MR) is 213 cm³/mol. The third-order valence-electron chi connectivity index (χ3n) is 11.0. The Morgan fingerprint density at radius 2 is 0.673 bits per heavy atom. The molecular weight excluding hydrogens is 589 g/mol. The van der Waals surface area contributed by atoms with Crippen LogP contribution in [-0.2, 0) is 0 Å². The molecule has 0 aromatic heterocycles. The molecule has 0 N–H and O–H groups in total. The van der Waals surface area contributed by atoms with E-state index in [1.165, 1.54) is 72.2 Å². The monoisotopic (exact) mass is 629 g/mol. The molecule has 1 heterocycles. The highest BCUT2D eigenvalue weighted by atomic mass is 15.3. The molecule has 0 atom stereocenters. The van der Waals surface area contributed by atoms with Gasteiger partial charge in [0.2, 0.25) is 0 Å². The van der Waals surface area contributed by atoms with Crippen LogP contribution in [0.4, 0.5) is 5.69 Å². The lowest BCUT2D eigenvalue weighted by Gasteiger charge is -2.61. The molecule has 0 saturated heterocycles. The van der Waals surface area contributed by atoms with E-state index in [1.807, 2.05) is 0 Å². The fourth-order valence-corrected chi connectivity index (χ4v) is 8.65. The van der Waals surface area contributed by atoms with E-state index in [9.17, 15) is 0 Å². The van der Waals surface area contributed by atoms with Gasteiger partial charge in [-0.3, -0.25) is 0 Å². The predicted octanol–water partition coefficient (Wildman–Crippen LogP) is 10.5. The minimum absolute atomic E-state index is 0.693. The molecule has 49 heavy (non-hydrogen) atoms. The molecule has 2 heteroatoms. The maximum atomic E-state index is 2.42. The standard InChI is InChI=1S/C47H40BN/c1-35-45-21-13-14-22-46(45)49(2,3)48(43-31-27-40(28-32-43)37-17-9-5-10-18-37,44-33-29-41(30-34-44)38-19-11-6-12-20-38)47(35)42-25-23-39(24-26-42)36-15-7-4-8-16-36/h4-34H,1-3H3. The zero-order valence-corrected chi connectivity index (χ0v) is 28.4. The Morgan fingerprint density at radius 1 is 0.347 bits per heavy atom. The van der Waals surface area contributed by atoms with Gasteiger partial charge in [-0.15, -0.1) is 16.4 Å². The third-order valence-corrected chi connectivity index (χ3v) is 11.0. The molecule has 7 aromatic rings. The van der Waals surface area contributed by atoms with Gasteiger partial charge in [0.25, 0.3) is 6.28 Å². The van der Waals surface area contributed by atoms with Crippen molar-refractivity contribution in [1.82, 2.24) is 4.39 Å². The summed E-state index contributed by atoms with van der Waals surface area (Å²) < 4.78 is 0.693. The summed E-state index contributed by atoms with van der Waals surface area (Å²) in [4.78, 5) is 0. The van der Waals surface area contributed by atoms with Gasteiger partial charge in [0.05, 0.1) is 5.69 Å². The normalized spacial score (nSPS) is 14.7. The lowest BCUT2D eigenvalue weighted by Crippen LogP contribution is -2.80. The van der Waals surface area contributed by atoms with E-state index in [2.05, 4.69) is 209 Å². The van der Waals surface area contributed by atoms with E-state index in [0.29, 0.717) is 4.39 Å². The van der Waals surface area contributed by atoms with Crippen LogP contribution in [0.2, 0.25) is 0 Å². The number of hydrogen-bond acceptors (Lipinski definition) is 0. The Labute approximate surface area is 291 Å². The first-order valence-corrected chi connectivity index (χ1v) is 17.3. The first-order valence-electron chi connectivity index (χ1n) is 17.3. The minimum atomic E-state index is -1.60. The van der Waals surface area contributed by atoms with Crippen LogP contribution in [-0.4, -0.2) is 20.4 Å². The summed E-state index contributed by atoms with van der Waals surface area (Å²) in [5.74, 6) is 0. The molecule has 1 aliphatic rings.